The lowest BCUT2D eigenvalue weighted by atomic mass is 10.4. The number of thiophene rings is 1. The summed E-state index contributed by atoms with van der Waals surface area (Å²) in [5.41, 5.74) is 0. The summed E-state index contributed by atoms with van der Waals surface area (Å²) >= 11 is 1.39. The number of hydrogen-bond donors (Lipinski definition) is 1. The summed E-state index contributed by atoms with van der Waals surface area (Å²) in [6.45, 7) is 0. The predicted molar refractivity (Wildman–Crippen MR) is 46.8 cm³/mol. The van der Waals surface area contributed by atoms with Crippen LogP contribution >= 0.6 is 11.3 Å². The van der Waals surface area contributed by atoms with E-state index in [9.17, 15) is 0 Å². The van der Waals surface area contributed by atoms with Gasteiger partial charge >= 0.3 is 0 Å². The van der Waals surface area contributed by atoms with Crippen LogP contribution in [-0.2, 0) is 0 Å². The summed E-state index contributed by atoms with van der Waals surface area (Å²) in [6, 6.07) is 0. The van der Waals surface area contributed by atoms with E-state index in [0.717, 1.165) is 4.88 Å². The van der Waals surface area contributed by atoms with Gasteiger partial charge in [0.2, 0.25) is 0 Å². The van der Waals surface area contributed by atoms with Crippen molar-refractivity contribution in [2.24, 2.45) is 5.16 Å². The first kappa shape index (κ1) is 8.86. The molecule has 1 rings (SSSR count). The van der Waals surface area contributed by atoms with Crippen LogP contribution < -0.4 is 9.47 Å². The molecule has 0 saturated heterocycles. The number of rotatable bonds is 3. The molecule has 0 unspecified atom stereocenters. The van der Waals surface area contributed by atoms with Gasteiger partial charge in [-0.05, 0) is 0 Å². The van der Waals surface area contributed by atoms with E-state index in [1.165, 1.54) is 17.6 Å². The number of oxime groups is 1. The zero-order valence-electron chi connectivity index (χ0n) is 6.77. The van der Waals surface area contributed by atoms with Gasteiger partial charge in [0.25, 0.3) is 0 Å². The molecular weight excluding hydrogens is 178 g/mol. The lowest BCUT2D eigenvalue weighted by molar-refractivity contribution is 0.321. The quantitative estimate of drug-likeness (QED) is 0.444. The van der Waals surface area contributed by atoms with Crippen LogP contribution in [0.3, 0.4) is 0 Å². The fourth-order valence-electron chi connectivity index (χ4n) is 0.829. The smallest absolute Gasteiger partial charge is 0.180 e. The molecular formula is C7H9NO3S. The van der Waals surface area contributed by atoms with Crippen molar-refractivity contribution in [3.05, 3.63) is 10.3 Å². The van der Waals surface area contributed by atoms with Gasteiger partial charge in [-0.3, -0.25) is 0 Å². The fraction of sp³-hybridized carbons (Fsp3) is 0.286. The molecule has 0 radical (unpaired) electrons. The molecule has 0 fully saturated rings. The third kappa shape index (κ3) is 1.50. The minimum Gasteiger partial charge on any atom is -0.492 e. The minimum atomic E-state index is 0.598. The maximum Gasteiger partial charge on any atom is 0.180 e. The Labute approximate surface area is 74.0 Å². The standard InChI is InChI=1S/C7H9NO3S/c1-10-5-4-12-6(3-8-9)7(5)11-2/h3-4,9H,1-2H3/b8-3+. The van der Waals surface area contributed by atoms with E-state index in [4.69, 9.17) is 14.7 Å². The summed E-state index contributed by atoms with van der Waals surface area (Å²) < 4.78 is 10.0. The second kappa shape index (κ2) is 3.96. The molecule has 12 heavy (non-hydrogen) atoms. The lowest BCUT2D eigenvalue weighted by Gasteiger charge is -2.00. The van der Waals surface area contributed by atoms with Gasteiger partial charge in [-0.1, -0.05) is 5.16 Å². The Morgan fingerprint density at radius 1 is 1.50 bits per heavy atom. The first-order chi connectivity index (χ1) is 5.83. The lowest BCUT2D eigenvalue weighted by Crippen LogP contribution is -1.89. The first-order valence-corrected chi connectivity index (χ1v) is 4.08. The average molecular weight is 187 g/mol. The maximum absolute atomic E-state index is 8.30. The molecule has 5 heteroatoms. The minimum absolute atomic E-state index is 0.598. The molecule has 1 aromatic heterocycles. The van der Waals surface area contributed by atoms with Crippen LogP contribution in [0.5, 0.6) is 11.5 Å². The number of methoxy groups -OCH3 is 2. The largest absolute Gasteiger partial charge is 0.492 e. The van der Waals surface area contributed by atoms with E-state index in [2.05, 4.69) is 5.16 Å². The van der Waals surface area contributed by atoms with E-state index in [1.54, 1.807) is 19.6 Å². The summed E-state index contributed by atoms with van der Waals surface area (Å²) in [4.78, 5) is 0.733. The SMILES string of the molecule is COc1csc(/C=N/O)c1OC. The van der Waals surface area contributed by atoms with Crippen LogP contribution in [0.2, 0.25) is 0 Å². The van der Waals surface area contributed by atoms with Crippen LogP contribution in [0.1, 0.15) is 4.88 Å². The van der Waals surface area contributed by atoms with Crippen LogP contribution in [0.25, 0.3) is 0 Å². The van der Waals surface area contributed by atoms with E-state index in [-0.39, 0.29) is 0 Å². The summed E-state index contributed by atoms with van der Waals surface area (Å²) in [7, 11) is 3.10. The Bertz CT molecular complexity index is 282. The summed E-state index contributed by atoms with van der Waals surface area (Å²) in [6.07, 6.45) is 1.31. The Morgan fingerprint density at radius 2 is 2.25 bits per heavy atom. The highest BCUT2D eigenvalue weighted by Crippen LogP contribution is 2.35. The van der Waals surface area contributed by atoms with Crippen molar-refractivity contribution in [2.45, 2.75) is 0 Å². The van der Waals surface area contributed by atoms with Crippen molar-refractivity contribution in [2.75, 3.05) is 14.2 Å². The molecule has 0 saturated carbocycles. The average Bonchev–Trinajstić information content (AvgIpc) is 2.47. The molecule has 0 atom stereocenters. The Morgan fingerprint density at radius 3 is 2.75 bits per heavy atom. The molecule has 66 valence electrons. The zero-order valence-corrected chi connectivity index (χ0v) is 7.59. The molecule has 0 aliphatic carbocycles. The van der Waals surface area contributed by atoms with Gasteiger partial charge < -0.3 is 14.7 Å². The number of nitrogens with zero attached hydrogens (tertiary/aromatic N) is 1. The Balaban J connectivity index is 3.04. The second-order valence-electron chi connectivity index (χ2n) is 1.95. The van der Waals surface area contributed by atoms with E-state index in [1.807, 2.05) is 0 Å². The summed E-state index contributed by atoms with van der Waals surface area (Å²) in [5, 5.41) is 13.0. The van der Waals surface area contributed by atoms with Gasteiger partial charge in [0.15, 0.2) is 11.5 Å². The molecule has 0 aromatic carbocycles. The van der Waals surface area contributed by atoms with Crippen molar-refractivity contribution in [3.8, 4) is 11.5 Å². The highest BCUT2D eigenvalue weighted by atomic mass is 32.1. The summed E-state index contributed by atoms with van der Waals surface area (Å²) in [5.74, 6) is 1.25. The Kier molecular flexibility index (Phi) is 2.93. The molecule has 1 aromatic rings. The van der Waals surface area contributed by atoms with Gasteiger partial charge in [-0.2, -0.15) is 0 Å². The molecule has 0 spiro atoms. The highest BCUT2D eigenvalue weighted by molar-refractivity contribution is 7.12. The van der Waals surface area contributed by atoms with Crippen LogP contribution in [0, 0.1) is 0 Å². The van der Waals surface area contributed by atoms with E-state index in [0.29, 0.717) is 11.5 Å². The van der Waals surface area contributed by atoms with Crippen LogP contribution in [0.4, 0.5) is 0 Å². The molecule has 0 amide bonds. The molecule has 4 nitrogen and oxygen atoms in total. The van der Waals surface area contributed by atoms with Crippen molar-refractivity contribution in [1.29, 1.82) is 0 Å². The van der Waals surface area contributed by atoms with E-state index < -0.39 is 0 Å². The molecule has 0 bridgehead atoms. The van der Waals surface area contributed by atoms with Crippen LogP contribution in [-0.4, -0.2) is 25.6 Å². The Hall–Kier alpha value is -1.23. The number of hydrogen-bond acceptors (Lipinski definition) is 5. The van der Waals surface area contributed by atoms with Crippen molar-refractivity contribution < 1.29 is 14.7 Å². The van der Waals surface area contributed by atoms with Crippen molar-refractivity contribution in [1.82, 2.24) is 0 Å². The topological polar surface area (TPSA) is 51.0 Å². The highest BCUT2D eigenvalue weighted by Gasteiger charge is 2.10. The molecule has 0 aliphatic heterocycles. The third-order valence-corrected chi connectivity index (χ3v) is 2.22. The molecule has 1 heterocycles. The number of ether oxygens (including phenoxy) is 2. The van der Waals surface area contributed by atoms with Gasteiger partial charge in [-0.15, -0.1) is 11.3 Å². The first-order valence-electron chi connectivity index (χ1n) is 3.20. The predicted octanol–water partition coefficient (Wildman–Crippen LogP) is 1.57. The van der Waals surface area contributed by atoms with Gasteiger partial charge in [0.1, 0.15) is 0 Å². The third-order valence-electron chi connectivity index (χ3n) is 1.34. The van der Waals surface area contributed by atoms with Gasteiger partial charge in [0, 0.05) is 5.38 Å². The van der Waals surface area contributed by atoms with E-state index >= 15 is 0 Å². The fourth-order valence-corrected chi connectivity index (χ4v) is 1.67. The normalized spacial score (nSPS) is 10.5. The molecule has 0 aliphatic rings. The second-order valence-corrected chi connectivity index (χ2v) is 2.86. The van der Waals surface area contributed by atoms with Gasteiger partial charge in [-0.25, -0.2) is 0 Å². The maximum atomic E-state index is 8.30. The zero-order chi connectivity index (χ0) is 8.97. The van der Waals surface area contributed by atoms with Crippen molar-refractivity contribution >= 4 is 17.6 Å². The monoisotopic (exact) mass is 187 g/mol. The molecule has 1 N–H and O–H groups in total. The van der Waals surface area contributed by atoms with Crippen molar-refractivity contribution in [3.63, 3.8) is 0 Å². The van der Waals surface area contributed by atoms with Gasteiger partial charge in [0.05, 0.1) is 25.3 Å². The van der Waals surface area contributed by atoms with Crippen LogP contribution in [0.15, 0.2) is 10.5 Å².